The minimum Gasteiger partial charge on any atom is -0.456 e. The van der Waals surface area contributed by atoms with Crippen molar-refractivity contribution in [1.82, 2.24) is 4.98 Å². The Balaban J connectivity index is 1.74. The number of esters is 1. The summed E-state index contributed by atoms with van der Waals surface area (Å²) in [6.07, 6.45) is 0. The van der Waals surface area contributed by atoms with Gasteiger partial charge in [-0.25, -0.2) is 14.2 Å². The molecule has 23 heavy (non-hydrogen) atoms. The van der Waals surface area contributed by atoms with E-state index in [0.29, 0.717) is 17.2 Å². The molecule has 0 radical (unpaired) electrons. The quantitative estimate of drug-likeness (QED) is 0.679. The Hall–Kier alpha value is -2.95. The Kier molecular flexibility index (Phi) is 4.19. The second-order valence-corrected chi connectivity index (χ2v) is 5.00. The van der Waals surface area contributed by atoms with E-state index in [0.717, 1.165) is 5.56 Å². The van der Waals surface area contributed by atoms with E-state index < -0.39 is 5.97 Å². The molecule has 2 aromatic carbocycles. The normalized spacial score (nSPS) is 10.5. The molecule has 116 valence electrons. The van der Waals surface area contributed by atoms with Crippen LogP contribution < -0.4 is 0 Å². The largest absolute Gasteiger partial charge is 0.456 e. The van der Waals surface area contributed by atoms with Crippen molar-refractivity contribution in [3.05, 3.63) is 77.4 Å². The Morgan fingerprint density at radius 1 is 1.17 bits per heavy atom. The number of hydrogen-bond acceptors (Lipinski definition) is 4. The number of carbonyl (C=O) groups excluding carboxylic acids is 1. The smallest absolute Gasteiger partial charge is 0.360 e. The third-order valence-corrected chi connectivity index (χ3v) is 3.27. The molecule has 0 amide bonds. The first kappa shape index (κ1) is 15.0. The number of carbonyl (C=O) groups is 1. The molecule has 3 rings (SSSR count). The van der Waals surface area contributed by atoms with Crippen molar-refractivity contribution in [2.45, 2.75) is 13.5 Å². The Morgan fingerprint density at radius 2 is 1.96 bits per heavy atom. The first-order chi connectivity index (χ1) is 11.1. The highest BCUT2D eigenvalue weighted by Gasteiger charge is 2.19. The number of aryl methyl sites for hydroxylation is 1. The van der Waals surface area contributed by atoms with Crippen molar-refractivity contribution >= 4 is 5.97 Å². The maximum absolute atomic E-state index is 13.1. The number of ether oxygens (including phenoxy) is 1. The molecule has 0 N–H and O–H groups in total. The van der Waals surface area contributed by atoms with E-state index in [1.165, 1.54) is 12.1 Å². The van der Waals surface area contributed by atoms with Gasteiger partial charge < -0.3 is 9.15 Å². The fourth-order valence-corrected chi connectivity index (χ4v) is 2.13. The molecule has 0 aliphatic carbocycles. The summed E-state index contributed by atoms with van der Waals surface area (Å²) in [6, 6.07) is 15.2. The van der Waals surface area contributed by atoms with Gasteiger partial charge in [-0.3, -0.25) is 0 Å². The minimum absolute atomic E-state index is 0.0242. The highest BCUT2D eigenvalue weighted by molar-refractivity contribution is 5.88. The summed E-state index contributed by atoms with van der Waals surface area (Å²) in [4.78, 5) is 16.3. The molecular formula is C18H14FNO3. The Bertz CT molecular complexity index is 827. The van der Waals surface area contributed by atoms with E-state index in [9.17, 15) is 9.18 Å². The van der Waals surface area contributed by atoms with E-state index in [-0.39, 0.29) is 18.1 Å². The van der Waals surface area contributed by atoms with Crippen LogP contribution in [0.2, 0.25) is 0 Å². The molecule has 0 bridgehead atoms. The van der Waals surface area contributed by atoms with Crippen LogP contribution in [0.25, 0.3) is 11.5 Å². The zero-order valence-corrected chi connectivity index (χ0v) is 12.5. The van der Waals surface area contributed by atoms with Gasteiger partial charge in [-0.1, -0.05) is 30.3 Å². The van der Waals surface area contributed by atoms with Crippen LogP contribution in [0.4, 0.5) is 4.39 Å². The van der Waals surface area contributed by atoms with Crippen LogP contribution in [-0.4, -0.2) is 11.0 Å². The van der Waals surface area contributed by atoms with Gasteiger partial charge in [-0.2, -0.15) is 0 Å². The number of aromatic nitrogens is 1. The average molecular weight is 311 g/mol. The summed E-state index contributed by atoms with van der Waals surface area (Å²) in [5.41, 5.74) is 1.47. The molecule has 1 heterocycles. The van der Waals surface area contributed by atoms with Crippen molar-refractivity contribution in [2.75, 3.05) is 0 Å². The number of halogens is 1. The van der Waals surface area contributed by atoms with E-state index >= 15 is 0 Å². The number of hydrogen-bond donors (Lipinski definition) is 0. The van der Waals surface area contributed by atoms with Crippen LogP contribution in [0, 0.1) is 12.7 Å². The molecule has 3 aromatic rings. The van der Waals surface area contributed by atoms with Crippen LogP contribution in [0.15, 0.2) is 59.0 Å². The highest BCUT2D eigenvalue weighted by atomic mass is 19.1. The van der Waals surface area contributed by atoms with Gasteiger partial charge in [0.2, 0.25) is 5.89 Å². The van der Waals surface area contributed by atoms with Crippen molar-refractivity contribution in [1.29, 1.82) is 0 Å². The van der Waals surface area contributed by atoms with E-state index in [1.807, 2.05) is 30.3 Å². The molecule has 1 aromatic heterocycles. The lowest BCUT2D eigenvalue weighted by Gasteiger charge is -2.03. The molecule has 0 saturated heterocycles. The molecular weight excluding hydrogens is 297 g/mol. The molecule has 0 fully saturated rings. The van der Waals surface area contributed by atoms with E-state index in [2.05, 4.69) is 4.98 Å². The summed E-state index contributed by atoms with van der Waals surface area (Å²) < 4.78 is 23.8. The SMILES string of the molecule is Cc1oc(-c2ccccc2)nc1C(=O)OCc1cccc(F)c1. The van der Waals surface area contributed by atoms with Gasteiger partial charge in [0, 0.05) is 5.56 Å². The van der Waals surface area contributed by atoms with Crippen molar-refractivity contribution in [2.24, 2.45) is 0 Å². The zero-order valence-electron chi connectivity index (χ0n) is 12.5. The van der Waals surface area contributed by atoms with Gasteiger partial charge in [-0.15, -0.1) is 0 Å². The van der Waals surface area contributed by atoms with E-state index in [4.69, 9.17) is 9.15 Å². The molecule has 0 saturated carbocycles. The lowest BCUT2D eigenvalue weighted by atomic mass is 10.2. The first-order valence-electron chi connectivity index (χ1n) is 7.08. The number of benzene rings is 2. The Morgan fingerprint density at radius 3 is 2.70 bits per heavy atom. The van der Waals surface area contributed by atoms with Gasteiger partial charge in [0.15, 0.2) is 5.69 Å². The lowest BCUT2D eigenvalue weighted by Crippen LogP contribution is -2.07. The standard InChI is InChI=1S/C18H14FNO3/c1-12-16(20-17(23-12)14-7-3-2-4-8-14)18(21)22-11-13-6-5-9-15(19)10-13/h2-10H,11H2,1H3. The maximum atomic E-state index is 13.1. The van der Waals surface area contributed by atoms with Gasteiger partial charge in [-0.05, 0) is 36.8 Å². The number of rotatable bonds is 4. The average Bonchev–Trinajstić information content (AvgIpc) is 2.95. The Labute approximate surface area is 132 Å². The van der Waals surface area contributed by atoms with Gasteiger partial charge in [0.05, 0.1) is 0 Å². The third-order valence-electron chi connectivity index (χ3n) is 3.27. The monoisotopic (exact) mass is 311 g/mol. The van der Waals surface area contributed by atoms with Gasteiger partial charge in [0.25, 0.3) is 0 Å². The molecule has 5 heteroatoms. The highest BCUT2D eigenvalue weighted by Crippen LogP contribution is 2.22. The summed E-state index contributed by atoms with van der Waals surface area (Å²) in [6.45, 7) is 1.63. The third kappa shape index (κ3) is 3.45. The predicted molar refractivity (Wildman–Crippen MR) is 82.2 cm³/mol. The first-order valence-corrected chi connectivity index (χ1v) is 7.08. The second-order valence-electron chi connectivity index (χ2n) is 5.00. The molecule has 0 unspecified atom stereocenters. The fraction of sp³-hybridized carbons (Fsp3) is 0.111. The minimum atomic E-state index is -0.599. The number of nitrogens with zero attached hydrogens (tertiary/aromatic N) is 1. The number of oxazole rings is 1. The second kappa shape index (κ2) is 6.44. The topological polar surface area (TPSA) is 52.3 Å². The van der Waals surface area contributed by atoms with Crippen LogP contribution in [0.1, 0.15) is 21.8 Å². The molecule has 0 aliphatic rings. The van der Waals surface area contributed by atoms with Crippen LogP contribution in [-0.2, 0) is 11.3 Å². The molecule has 0 spiro atoms. The summed E-state index contributed by atoms with van der Waals surface area (Å²) >= 11 is 0. The van der Waals surface area contributed by atoms with Crippen LogP contribution in [0.3, 0.4) is 0 Å². The van der Waals surface area contributed by atoms with E-state index in [1.54, 1.807) is 19.1 Å². The van der Waals surface area contributed by atoms with Crippen LogP contribution in [0.5, 0.6) is 0 Å². The lowest BCUT2D eigenvalue weighted by molar-refractivity contribution is 0.0464. The predicted octanol–water partition coefficient (Wildman–Crippen LogP) is 4.15. The maximum Gasteiger partial charge on any atom is 0.360 e. The fourth-order valence-electron chi connectivity index (χ4n) is 2.13. The van der Waals surface area contributed by atoms with Crippen molar-refractivity contribution in [3.8, 4) is 11.5 Å². The summed E-state index contributed by atoms with van der Waals surface area (Å²) in [7, 11) is 0. The van der Waals surface area contributed by atoms with Crippen molar-refractivity contribution < 1.29 is 18.3 Å². The molecule has 0 aliphatic heterocycles. The van der Waals surface area contributed by atoms with Crippen LogP contribution >= 0.6 is 0 Å². The molecule has 0 atom stereocenters. The molecule has 4 nitrogen and oxygen atoms in total. The van der Waals surface area contributed by atoms with Crippen molar-refractivity contribution in [3.63, 3.8) is 0 Å². The summed E-state index contributed by atoms with van der Waals surface area (Å²) in [5, 5.41) is 0. The summed E-state index contributed by atoms with van der Waals surface area (Å²) in [5.74, 6) is -0.228. The van der Waals surface area contributed by atoms with Gasteiger partial charge >= 0.3 is 5.97 Å². The van der Waals surface area contributed by atoms with Gasteiger partial charge in [0.1, 0.15) is 18.2 Å². The zero-order chi connectivity index (χ0) is 16.2.